The van der Waals surface area contributed by atoms with Crippen LogP contribution in [0.5, 0.6) is 0 Å². The predicted octanol–water partition coefficient (Wildman–Crippen LogP) is 2.37. The fourth-order valence-electron chi connectivity index (χ4n) is 3.16. The highest BCUT2D eigenvalue weighted by Gasteiger charge is 2.66. The molecule has 1 amide bonds. The summed E-state index contributed by atoms with van der Waals surface area (Å²) >= 11 is 0. The molecule has 2 aliphatic rings. The van der Waals surface area contributed by atoms with Gasteiger partial charge in [0.1, 0.15) is 0 Å². The zero-order valence-corrected chi connectivity index (χ0v) is 12.4. The van der Waals surface area contributed by atoms with Crippen LogP contribution in [0.3, 0.4) is 0 Å². The van der Waals surface area contributed by atoms with Crippen LogP contribution in [0.15, 0.2) is 35.8 Å². The van der Waals surface area contributed by atoms with Gasteiger partial charge in [-0.3, -0.25) is 15.2 Å². The molecule has 0 spiro atoms. The van der Waals surface area contributed by atoms with Crippen LogP contribution in [0, 0.1) is 5.92 Å². The van der Waals surface area contributed by atoms with Gasteiger partial charge in [0.15, 0.2) is 0 Å². The highest BCUT2D eigenvalue weighted by Crippen LogP contribution is 2.48. The summed E-state index contributed by atoms with van der Waals surface area (Å²) in [6, 6.07) is 2.61. The van der Waals surface area contributed by atoms with E-state index in [0.29, 0.717) is 23.5 Å². The number of hydrogen-bond acceptors (Lipinski definition) is 4. The summed E-state index contributed by atoms with van der Waals surface area (Å²) in [5.74, 6) is -1.13. The van der Waals surface area contributed by atoms with Crippen LogP contribution < -0.4 is 5.43 Å². The van der Waals surface area contributed by atoms with Gasteiger partial charge in [-0.15, -0.1) is 0 Å². The van der Waals surface area contributed by atoms with Crippen LogP contribution in [-0.2, 0) is 0 Å². The van der Waals surface area contributed by atoms with Crippen molar-refractivity contribution in [1.29, 1.82) is 0 Å². The molecule has 0 fully saturated rings. The van der Waals surface area contributed by atoms with E-state index in [1.54, 1.807) is 6.92 Å². The Morgan fingerprint density at radius 2 is 2.09 bits per heavy atom. The summed E-state index contributed by atoms with van der Waals surface area (Å²) in [7, 11) is 0. The van der Waals surface area contributed by atoms with Crippen molar-refractivity contribution in [2.45, 2.75) is 38.1 Å². The smallest absolute Gasteiger partial charge is 0.359 e. The molecule has 2 N–H and O–H groups in total. The van der Waals surface area contributed by atoms with E-state index in [1.807, 2.05) is 0 Å². The number of amides is 1. The lowest BCUT2D eigenvalue weighted by molar-refractivity contribution is -0.288. The van der Waals surface area contributed by atoms with Crippen molar-refractivity contribution in [2.24, 2.45) is 5.92 Å². The van der Waals surface area contributed by atoms with Gasteiger partial charge in [-0.05, 0) is 37.3 Å². The number of hydrogen-bond donors (Lipinski definition) is 2. The summed E-state index contributed by atoms with van der Waals surface area (Å²) in [5.41, 5.74) is -0.665. The first-order valence-electron chi connectivity index (χ1n) is 7.30. The summed E-state index contributed by atoms with van der Waals surface area (Å²) in [4.78, 5) is 16.2. The van der Waals surface area contributed by atoms with Gasteiger partial charge in [-0.1, -0.05) is 6.92 Å². The van der Waals surface area contributed by atoms with Crippen molar-refractivity contribution in [2.75, 3.05) is 0 Å². The molecule has 1 aromatic rings. The molecule has 0 bridgehead atoms. The van der Waals surface area contributed by atoms with E-state index in [0.717, 1.165) is 0 Å². The average molecular weight is 327 g/mol. The van der Waals surface area contributed by atoms with E-state index in [1.165, 1.54) is 24.5 Å². The van der Waals surface area contributed by atoms with Crippen LogP contribution in [0.25, 0.3) is 0 Å². The Kier molecular flexibility index (Phi) is 3.59. The summed E-state index contributed by atoms with van der Waals surface area (Å²) in [6.45, 7) is 1.78. The average Bonchev–Trinajstić information content (AvgIpc) is 2.83. The third kappa shape index (κ3) is 2.28. The number of hydrazine groups is 1. The van der Waals surface area contributed by atoms with Crippen LogP contribution in [0.1, 0.15) is 36.5 Å². The van der Waals surface area contributed by atoms with Crippen LogP contribution >= 0.6 is 0 Å². The molecule has 1 unspecified atom stereocenters. The van der Waals surface area contributed by atoms with Crippen molar-refractivity contribution in [3.05, 3.63) is 41.4 Å². The molecule has 0 saturated heterocycles. The van der Waals surface area contributed by atoms with Crippen LogP contribution in [0.2, 0.25) is 0 Å². The second-order valence-electron chi connectivity index (χ2n) is 5.84. The van der Waals surface area contributed by atoms with Gasteiger partial charge in [0, 0.05) is 29.2 Å². The lowest BCUT2D eigenvalue weighted by Gasteiger charge is -2.36. The van der Waals surface area contributed by atoms with E-state index in [4.69, 9.17) is 0 Å². The molecule has 0 radical (unpaired) electrons. The Labute approximate surface area is 130 Å². The molecule has 1 aliphatic heterocycles. The van der Waals surface area contributed by atoms with Gasteiger partial charge in [0.25, 0.3) is 11.6 Å². The standard InChI is InChI=1S/C15H16F3N3O2/c1-9-3-2-4-11-12(9)20-21(14(11,23)15(16,17)18)13(22)10-5-7-19-8-6-10/h5-9,20,23H,2-4H2,1H3/t9?,14-/m0/s1. The molecule has 1 aliphatic carbocycles. The van der Waals surface area contributed by atoms with E-state index >= 15 is 0 Å². The van der Waals surface area contributed by atoms with Gasteiger partial charge < -0.3 is 5.11 Å². The molecule has 23 heavy (non-hydrogen) atoms. The maximum Gasteiger partial charge on any atom is 0.442 e. The molecular weight excluding hydrogens is 311 g/mol. The maximum absolute atomic E-state index is 13.6. The quantitative estimate of drug-likeness (QED) is 0.831. The monoisotopic (exact) mass is 327 g/mol. The first-order chi connectivity index (χ1) is 10.8. The third-order valence-corrected chi connectivity index (χ3v) is 4.38. The molecule has 3 rings (SSSR count). The Morgan fingerprint density at radius 3 is 2.70 bits per heavy atom. The Balaban J connectivity index is 2.07. The molecule has 1 aromatic heterocycles. The van der Waals surface area contributed by atoms with Gasteiger partial charge in [-0.2, -0.15) is 13.2 Å². The largest absolute Gasteiger partial charge is 0.442 e. The number of carbonyl (C=O) groups excluding carboxylic acids is 1. The molecular formula is C15H16F3N3O2. The predicted molar refractivity (Wildman–Crippen MR) is 74.6 cm³/mol. The molecule has 0 aromatic carbocycles. The first kappa shape index (κ1) is 15.8. The van der Waals surface area contributed by atoms with Crippen molar-refractivity contribution in [3.63, 3.8) is 0 Å². The minimum Gasteiger partial charge on any atom is -0.359 e. The number of halogens is 3. The summed E-state index contributed by atoms with van der Waals surface area (Å²) in [6.07, 6.45) is -1.04. The number of rotatable bonds is 1. The Bertz CT molecular complexity index is 660. The third-order valence-electron chi connectivity index (χ3n) is 4.38. The number of nitrogens with zero attached hydrogens (tertiary/aromatic N) is 2. The highest BCUT2D eigenvalue weighted by atomic mass is 19.4. The molecule has 2 atom stereocenters. The minimum atomic E-state index is -5.00. The highest BCUT2D eigenvalue weighted by molar-refractivity contribution is 5.95. The SMILES string of the molecule is CC1CCCC2=C1NN(C(=O)c1ccncc1)[C@@]2(O)C(F)(F)F. The van der Waals surface area contributed by atoms with Crippen LogP contribution in [-0.4, -0.2) is 32.9 Å². The summed E-state index contributed by atoms with van der Waals surface area (Å²) in [5, 5.41) is 10.8. The normalized spacial score (nSPS) is 27.7. The zero-order valence-electron chi connectivity index (χ0n) is 12.4. The topological polar surface area (TPSA) is 65.5 Å². The minimum absolute atomic E-state index is 0.0164. The Hall–Kier alpha value is -2.09. The Morgan fingerprint density at radius 1 is 1.43 bits per heavy atom. The molecule has 124 valence electrons. The summed E-state index contributed by atoms with van der Waals surface area (Å²) < 4.78 is 40.9. The van der Waals surface area contributed by atoms with E-state index in [-0.39, 0.29) is 23.5 Å². The lowest BCUT2D eigenvalue weighted by Crippen LogP contribution is -2.62. The van der Waals surface area contributed by atoms with Crippen molar-refractivity contribution >= 4 is 5.91 Å². The number of carbonyl (C=O) groups is 1. The second kappa shape index (κ2) is 5.23. The molecule has 2 heterocycles. The zero-order chi connectivity index (χ0) is 16.8. The van der Waals surface area contributed by atoms with E-state index in [9.17, 15) is 23.1 Å². The van der Waals surface area contributed by atoms with Crippen molar-refractivity contribution < 1.29 is 23.1 Å². The van der Waals surface area contributed by atoms with Gasteiger partial charge in [0.2, 0.25) is 0 Å². The number of aromatic nitrogens is 1. The van der Waals surface area contributed by atoms with E-state index < -0.39 is 17.8 Å². The van der Waals surface area contributed by atoms with E-state index in [2.05, 4.69) is 10.4 Å². The molecule has 5 nitrogen and oxygen atoms in total. The first-order valence-corrected chi connectivity index (χ1v) is 7.30. The van der Waals surface area contributed by atoms with Crippen molar-refractivity contribution in [1.82, 2.24) is 15.4 Å². The fraction of sp³-hybridized carbons (Fsp3) is 0.467. The second-order valence-corrected chi connectivity index (χ2v) is 5.84. The van der Waals surface area contributed by atoms with Crippen LogP contribution in [0.4, 0.5) is 13.2 Å². The van der Waals surface area contributed by atoms with Gasteiger partial charge in [0.05, 0.1) is 0 Å². The van der Waals surface area contributed by atoms with Gasteiger partial charge >= 0.3 is 6.18 Å². The molecule has 0 saturated carbocycles. The molecule has 8 heteroatoms. The lowest BCUT2D eigenvalue weighted by atomic mass is 9.84. The number of nitrogens with one attached hydrogen (secondary N) is 1. The number of alkyl halides is 3. The number of pyridine rings is 1. The maximum atomic E-state index is 13.6. The number of aliphatic hydroxyl groups is 1. The van der Waals surface area contributed by atoms with Crippen molar-refractivity contribution in [3.8, 4) is 0 Å². The number of allylic oxidation sites excluding steroid dienone is 1. The van der Waals surface area contributed by atoms with Gasteiger partial charge in [-0.25, -0.2) is 5.01 Å². The fourth-order valence-corrected chi connectivity index (χ4v) is 3.16.